The van der Waals surface area contributed by atoms with Gasteiger partial charge in [0.25, 0.3) is 0 Å². The van der Waals surface area contributed by atoms with E-state index in [4.69, 9.17) is 11.6 Å². The summed E-state index contributed by atoms with van der Waals surface area (Å²) in [5, 5.41) is 8.90. The number of nitrogens with one attached hydrogen (secondary N) is 1. The summed E-state index contributed by atoms with van der Waals surface area (Å²) in [7, 11) is 3.55. The molecule has 1 aromatic heterocycles. The van der Waals surface area contributed by atoms with Gasteiger partial charge >= 0.3 is 0 Å². The fourth-order valence-electron chi connectivity index (χ4n) is 2.58. The van der Waals surface area contributed by atoms with Crippen LogP contribution < -0.4 is 5.32 Å². The van der Waals surface area contributed by atoms with Gasteiger partial charge in [-0.3, -0.25) is 9.48 Å². The van der Waals surface area contributed by atoms with E-state index in [0.29, 0.717) is 0 Å². The average molecular weight is 306 g/mol. The van der Waals surface area contributed by atoms with Gasteiger partial charge in [-0.25, -0.2) is 0 Å². The molecule has 1 aromatic carbocycles. The van der Waals surface area contributed by atoms with E-state index in [9.17, 15) is 4.79 Å². The minimum absolute atomic E-state index is 0.00463. The van der Waals surface area contributed by atoms with Crippen LogP contribution in [0.2, 0.25) is 5.02 Å². The van der Waals surface area contributed by atoms with E-state index in [1.54, 1.807) is 7.05 Å². The predicted octanol–water partition coefficient (Wildman–Crippen LogP) is 3.33. The maximum Gasteiger partial charge on any atom is 0.216 e. The fourth-order valence-corrected chi connectivity index (χ4v) is 2.87. The van der Waals surface area contributed by atoms with Crippen molar-refractivity contribution < 1.29 is 4.79 Å². The van der Waals surface area contributed by atoms with Crippen molar-refractivity contribution in [3.63, 3.8) is 0 Å². The molecule has 0 atom stereocenters. The topological polar surface area (TPSA) is 46.9 Å². The van der Waals surface area contributed by atoms with Crippen LogP contribution in [0.4, 0.5) is 0 Å². The van der Waals surface area contributed by atoms with Crippen LogP contribution in [0.15, 0.2) is 18.3 Å². The van der Waals surface area contributed by atoms with Crippen LogP contribution >= 0.6 is 11.6 Å². The summed E-state index contributed by atoms with van der Waals surface area (Å²) in [4.78, 5) is 9.70. The summed E-state index contributed by atoms with van der Waals surface area (Å²) in [6.45, 7) is 3.56. The summed E-state index contributed by atoms with van der Waals surface area (Å²) < 4.78 is 1.85. The highest BCUT2D eigenvalue weighted by Crippen LogP contribution is 2.41. The van der Waals surface area contributed by atoms with E-state index >= 15 is 0 Å². The number of hydrogen-bond acceptors (Lipinski definition) is 2. The molecule has 112 valence electrons. The van der Waals surface area contributed by atoms with Gasteiger partial charge in [0.2, 0.25) is 5.91 Å². The highest BCUT2D eigenvalue weighted by atomic mass is 35.5. The molecule has 0 fully saturated rings. The normalized spacial score (nSPS) is 14.8. The van der Waals surface area contributed by atoms with Gasteiger partial charge in [-0.2, -0.15) is 5.10 Å². The first-order chi connectivity index (χ1) is 9.97. The van der Waals surface area contributed by atoms with Crippen LogP contribution in [-0.2, 0) is 18.3 Å². The number of aromatic nitrogens is 2. The Kier molecular flexibility index (Phi) is 4.68. The van der Waals surface area contributed by atoms with Gasteiger partial charge in [-0.1, -0.05) is 17.7 Å². The predicted molar refractivity (Wildman–Crippen MR) is 87.4 cm³/mol. The molecule has 1 heterocycles. The molecule has 4 nitrogen and oxygen atoms in total. The summed E-state index contributed by atoms with van der Waals surface area (Å²) >= 11 is 6.30. The lowest BCUT2D eigenvalue weighted by atomic mass is 10.0. The summed E-state index contributed by atoms with van der Waals surface area (Å²) in [5.74, 6) is 0.00463. The van der Waals surface area contributed by atoms with E-state index in [1.807, 2.05) is 17.8 Å². The third-order valence-corrected chi connectivity index (χ3v) is 3.98. The van der Waals surface area contributed by atoms with Crippen molar-refractivity contribution >= 4 is 34.0 Å². The zero-order chi connectivity index (χ0) is 15.6. The van der Waals surface area contributed by atoms with Crippen molar-refractivity contribution in [2.24, 2.45) is 7.05 Å². The van der Waals surface area contributed by atoms with Gasteiger partial charge in [-0.05, 0) is 42.5 Å². The molecule has 0 saturated carbocycles. The Morgan fingerprint density at radius 3 is 2.71 bits per heavy atom. The Morgan fingerprint density at radius 1 is 1.48 bits per heavy atom. The lowest BCUT2D eigenvalue weighted by Gasteiger charge is -2.04. The molecule has 1 aliphatic rings. The van der Waals surface area contributed by atoms with Crippen molar-refractivity contribution in [3.8, 4) is 0 Å². The molecule has 3 rings (SSSR count). The maximum absolute atomic E-state index is 9.70. The van der Waals surface area contributed by atoms with Crippen molar-refractivity contribution in [2.75, 3.05) is 7.05 Å². The molecule has 0 saturated heterocycles. The van der Waals surface area contributed by atoms with Crippen molar-refractivity contribution in [1.29, 1.82) is 0 Å². The first-order valence-corrected chi connectivity index (χ1v) is 7.34. The molecule has 0 spiro atoms. The molecule has 0 radical (unpaired) electrons. The molecule has 1 amide bonds. The zero-order valence-electron chi connectivity index (χ0n) is 12.8. The van der Waals surface area contributed by atoms with Crippen LogP contribution in [0.5, 0.6) is 0 Å². The number of nitrogens with zero attached hydrogens (tertiary/aromatic N) is 2. The van der Waals surface area contributed by atoms with Crippen LogP contribution in [0.1, 0.15) is 31.4 Å². The van der Waals surface area contributed by atoms with E-state index in [1.165, 1.54) is 29.0 Å². The lowest BCUT2D eigenvalue weighted by molar-refractivity contribution is -0.118. The number of amides is 1. The number of rotatable bonds is 0. The molecule has 0 unspecified atom stereocenters. The van der Waals surface area contributed by atoms with E-state index < -0.39 is 0 Å². The molecule has 21 heavy (non-hydrogen) atoms. The molecule has 1 N–H and O–H groups in total. The van der Waals surface area contributed by atoms with Crippen molar-refractivity contribution in [1.82, 2.24) is 15.1 Å². The van der Waals surface area contributed by atoms with Gasteiger partial charge < -0.3 is 5.32 Å². The Balaban J connectivity index is 0.000000282. The third kappa shape index (κ3) is 3.10. The number of aryl methyl sites for hydroxylation is 1. The average Bonchev–Trinajstić information content (AvgIpc) is 3.02. The quantitative estimate of drug-likeness (QED) is 0.811. The van der Waals surface area contributed by atoms with E-state index in [-0.39, 0.29) is 5.91 Å². The number of carbonyl (C=O) groups is 1. The Hall–Kier alpha value is -1.81. The SMILES string of the molecule is C/C=C1\CCc2c(Cl)cc3nn(C)cc3c21.CNC(C)=O. The highest BCUT2D eigenvalue weighted by Gasteiger charge is 2.22. The molecule has 0 aliphatic heterocycles. The zero-order valence-corrected chi connectivity index (χ0v) is 13.6. The summed E-state index contributed by atoms with van der Waals surface area (Å²) in [6, 6.07) is 1.98. The van der Waals surface area contributed by atoms with Crippen LogP contribution in [0.25, 0.3) is 16.5 Å². The molecular weight excluding hydrogens is 286 g/mol. The molecular formula is C16H20ClN3O. The molecule has 5 heteroatoms. The van der Waals surface area contributed by atoms with Gasteiger partial charge in [0, 0.05) is 37.6 Å². The standard InChI is InChI=1S/C13H13ClN2.C3H7NO/c1-3-8-4-5-9-11(14)6-12-10(13(8)9)7-16(2)15-12;1-3(5)4-2/h3,6-7H,4-5H2,1-2H3;1-2H3,(H,4,5)/b8-3+;. The van der Waals surface area contributed by atoms with Gasteiger partial charge in [0.05, 0.1) is 5.52 Å². The first kappa shape index (κ1) is 15.6. The van der Waals surface area contributed by atoms with Crippen LogP contribution in [-0.4, -0.2) is 22.7 Å². The second-order valence-electron chi connectivity index (χ2n) is 5.07. The minimum Gasteiger partial charge on any atom is -0.359 e. The number of carbonyl (C=O) groups excluding carboxylic acids is 1. The highest BCUT2D eigenvalue weighted by molar-refractivity contribution is 6.32. The second-order valence-corrected chi connectivity index (χ2v) is 5.47. The lowest BCUT2D eigenvalue weighted by Crippen LogP contribution is -2.11. The Labute approximate surface area is 129 Å². The number of benzene rings is 1. The van der Waals surface area contributed by atoms with E-state index in [0.717, 1.165) is 23.4 Å². The molecule has 0 bridgehead atoms. The van der Waals surface area contributed by atoms with Gasteiger partial charge in [0.15, 0.2) is 0 Å². The summed E-state index contributed by atoms with van der Waals surface area (Å²) in [5.41, 5.74) is 5.00. The minimum atomic E-state index is 0.00463. The first-order valence-electron chi connectivity index (χ1n) is 6.96. The summed E-state index contributed by atoms with van der Waals surface area (Å²) in [6.07, 6.45) is 6.42. The van der Waals surface area contributed by atoms with Crippen LogP contribution in [0.3, 0.4) is 0 Å². The maximum atomic E-state index is 9.70. The number of fused-ring (bicyclic) bond motifs is 3. The van der Waals surface area contributed by atoms with Crippen molar-refractivity contribution in [3.05, 3.63) is 34.5 Å². The monoisotopic (exact) mass is 305 g/mol. The molecule has 1 aliphatic carbocycles. The number of allylic oxidation sites excluding steroid dienone is 2. The second kappa shape index (κ2) is 6.31. The third-order valence-electron chi connectivity index (χ3n) is 3.65. The van der Waals surface area contributed by atoms with Crippen LogP contribution in [0, 0.1) is 0 Å². The smallest absolute Gasteiger partial charge is 0.216 e. The Morgan fingerprint density at radius 2 is 2.14 bits per heavy atom. The van der Waals surface area contributed by atoms with E-state index in [2.05, 4.69) is 29.6 Å². The van der Waals surface area contributed by atoms with Crippen molar-refractivity contribution in [2.45, 2.75) is 26.7 Å². The fraction of sp³-hybridized carbons (Fsp3) is 0.375. The van der Waals surface area contributed by atoms with Gasteiger partial charge in [0.1, 0.15) is 0 Å². The Bertz CT molecular complexity index is 716. The largest absolute Gasteiger partial charge is 0.359 e. The number of halogens is 1. The molecule has 2 aromatic rings. The number of hydrogen-bond donors (Lipinski definition) is 1. The van der Waals surface area contributed by atoms with Gasteiger partial charge in [-0.15, -0.1) is 0 Å².